The van der Waals surface area contributed by atoms with Crippen molar-refractivity contribution < 1.29 is 0 Å². The summed E-state index contributed by atoms with van der Waals surface area (Å²) in [5, 5.41) is 9.28. The van der Waals surface area contributed by atoms with Gasteiger partial charge in [0, 0.05) is 24.5 Å². The number of nitrogens with zero attached hydrogens (tertiary/aromatic N) is 3. The Hall–Kier alpha value is -1.20. The SMILES string of the molecule is CCCNC(Cc1nc(C)c(C)s1)c1ccn(C)n1. The number of hydrogen-bond donors (Lipinski definition) is 1. The number of thiazole rings is 1. The van der Waals surface area contributed by atoms with E-state index in [0.717, 1.165) is 30.8 Å². The highest BCUT2D eigenvalue weighted by atomic mass is 32.1. The molecule has 1 N–H and O–H groups in total. The number of aromatic nitrogens is 3. The van der Waals surface area contributed by atoms with Crippen molar-refractivity contribution in [3.63, 3.8) is 0 Å². The summed E-state index contributed by atoms with van der Waals surface area (Å²) in [6.45, 7) is 7.39. The van der Waals surface area contributed by atoms with Crippen molar-refractivity contribution in [2.24, 2.45) is 7.05 Å². The van der Waals surface area contributed by atoms with Crippen LogP contribution in [0.4, 0.5) is 0 Å². The molecular formula is C14H22N4S. The molecule has 0 aliphatic rings. The largest absolute Gasteiger partial charge is 0.308 e. The van der Waals surface area contributed by atoms with E-state index >= 15 is 0 Å². The normalized spacial score (nSPS) is 12.8. The lowest BCUT2D eigenvalue weighted by Gasteiger charge is -2.15. The molecule has 1 unspecified atom stereocenters. The highest BCUT2D eigenvalue weighted by Gasteiger charge is 2.16. The molecule has 1 atom stereocenters. The smallest absolute Gasteiger partial charge is 0.0950 e. The van der Waals surface area contributed by atoms with Gasteiger partial charge in [0.15, 0.2) is 0 Å². The third kappa shape index (κ3) is 3.64. The first-order valence-corrected chi connectivity index (χ1v) is 7.57. The molecule has 4 nitrogen and oxygen atoms in total. The van der Waals surface area contributed by atoms with Crippen LogP contribution in [0.5, 0.6) is 0 Å². The predicted octanol–water partition coefficient (Wildman–Crippen LogP) is 2.78. The van der Waals surface area contributed by atoms with Crippen LogP contribution in [-0.2, 0) is 13.5 Å². The molecule has 0 radical (unpaired) electrons. The number of rotatable bonds is 6. The van der Waals surface area contributed by atoms with Crippen LogP contribution < -0.4 is 5.32 Å². The van der Waals surface area contributed by atoms with Gasteiger partial charge in [-0.2, -0.15) is 5.10 Å². The lowest BCUT2D eigenvalue weighted by Crippen LogP contribution is -2.24. The van der Waals surface area contributed by atoms with Gasteiger partial charge in [0.2, 0.25) is 0 Å². The second-order valence-electron chi connectivity index (χ2n) is 4.87. The minimum Gasteiger partial charge on any atom is -0.308 e. The van der Waals surface area contributed by atoms with E-state index < -0.39 is 0 Å². The zero-order chi connectivity index (χ0) is 13.8. The fourth-order valence-corrected chi connectivity index (χ4v) is 3.00. The Bertz CT molecular complexity index is 510. The molecule has 2 rings (SSSR count). The molecule has 0 fully saturated rings. The Labute approximate surface area is 118 Å². The van der Waals surface area contributed by atoms with Crippen molar-refractivity contribution in [1.82, 2.24) is 20.1 Å². The summed E-state index contributed by atoms with van der Waals surface area (Å²) in [6.07, 6.45) is 4.03. The van der Waals surface area contributed by atoms with Gasteiger partial charge >= 0.3 is 0 Å². The van der Waals surface area contributed by atoms with Crippen molar-refractivity contribution in [2.45, 2.75) is 39.7 Å². The summed E-state index contributed by atoms with van der Waals surface area (Å²) >= 11 is 1.79. The minimum absolute atomic E-state index is 0.256. The van der Waals surface area contributed by atoms with Crippen LogP contribution in [0.1, 0.15) is 40.7 Å². The van der Waals surface area contributed by atoms with Gasteiger partial charge < -0.3 is 5.32 Å². The van der Waals surface area contributed by atoms with Crippen molar-refractivity contribution in [3.8, 4) is 0 Å². The molecule has 19 heavy (non-hydrogen) atoms. The molecule has 5 heteroatoms. The van der Waals surface area contributed by atoms with E-state index in [9.17, 15) is 0 Å². The molecule has 2 aromatic heterocycles. The lowest BCUT2D eigenvalue weighted by atomic mass is 10.1. The summed E-state index contributed by atoms with van der Waals surface area (Å²) in [5.41, 5.74) is 2.25. The van der Waals surface area contributed by atoms with Gasteiger partial charge in [0.25, 0.3) is 0 Å². The maximum atomic E-state index is 4.63. The number of aryl methyl sites for hydroxylation is 3. The molecule has 0 aliphatic heterocycles. The molecule has 2 heterocycles. The van der Waals surface area contributed by atoms with Crippen LogP contribution in [0.25, 0.3) is 0 Å². The molecule has 0 aromatic carbocycles. The van der Waals surface area contributed by atoms with Gasteiger partial charge in [-0.05, 0) is 32.9 Å². The molecule has 0 amide bonds. The molecule has 0 saturated heterocycles. The first-order chi connectivity index (χ1) is 9.10. The number of nitrogens with one attached hydrogen (secondary N) is 1. The monoisotopic (exact) mass is 278 g/mol. The van der Waals surface area contributed by atoms with E-state index in [4.69, 9.17) is 0 Å². The summed E-state index contributed by atoms with van der Waals surface area (Å²) < 4.78 is 1.86. The van der Waals surface area contributed by atoms with Crippen LogP contribution in [0, 0.1) is 13.8 Å². The van der Waals surface area contributed by atoms with Crippen LogP contribution in [-0.4, -0.2) is 21.3 Å². The molecule has 0 saturated carbocycles. The molecule has 0 spiro atoms. The first-order valence-electron chi connectivity index (χ1n) is 6.76. The maximum absolute atomic E-state index is 4.63. The van der Waals surface area contributed by atoms with Crippen molar-refractivity contribution in [3.05, 3.63) is 33.5 Å². The van der Waals surface area contributed by atoms with Gasteiger partial charge in [0.1, 0.15) is 0 Å². The molecule has 0 aliphatic carbocycles. The van der Waals surface area contributed by atoms with Gasteiger partial charge in [-0.15, -0.1) is 11.3 Å². The highest BCUT2D eigenvalue weighted by Crippen LogP contribution is 2.22. The Morgan fingerprint density at radius 1 is 1.42 bits per heavy atom. The van der Waals surface area contributed by atoms with Crippen LogP contribution in [0.2, 0.25) is 0 Å². The third-order valence-electron chi connectivity index (χ3n) is 3.18. The zero-order valence-electron chi connectivity index (χ0n) is 12.1. The van der Waals surface area contributed by atoms with E-state index in [1.807, 2.05) is 17.9 Å². The van der Waals surface area contributed by atoms with Crippen molar-refractivity contribution in [1.29, 1.82) is 0 Å². The van der Waals surface area contributed by atoms with Crippen LogP contribution in [0.3, 0.4) is 0 Å². The third-order valence-corrected chi connectivity index (χ3v) is 4.28. The van der Waals surface area contributed by atoms with Gasteiger partial charge in [-0.25, -0.2) is 4.98 Å². The van der Waals surface area contributed by atoms with Crippen LogP contribution in [0.15, 0.2) is 12.3 Å². The zero-order valence-corrected chi connectivity index (χ0v) is 12.9. The summed E-state index contributed by atoms with van der Waals surface area (Å²) in [5.74, 6) is 0. The predicted molar refractivity (Wildman–Crippen MR) is 79.5 cm³/mol. The maximum Gasteiger partial charge on any atom is 0.0950 e. The van der Waals surface area contributed by atoms with E-state index in [-0.39, 0.29) is 6.04 Å². The number of hydrogen-bond acceptors (Lipinski definition) is 4. The standard InChI is InChI=1S/C14H22N4S/c1-5-7-15-13(12-6-8-18(4)17-12)9-14-16-10(2)11(3)19-14/h6,8,13,15H,5,7,9H2,1-4H3. The van der Waals surface area contributed by atoms with Crippen molar-refractivity contribution in [2.75, 3.05) is 6.54 Å². The van der Waals surface area contributed by atoms with E-state index in [1.165, 1.54) is 9.88 Å². The van der Waals surface area contributed by atoms with Gasteiger partial charge in [-0.3, -0.25) is 4.68 Å². The quantitative estimate of drug-likeness (QED) is 0.883. The second-order valence-corrected chi connectivity index (χ2v) is 6.16. The minimum atomic E-state index is 0.256. The average molecular weight is 278 g/mol. The summed E-state index contributed by atoms with van der Waals surface area (Å²) in [7, 11) is 1.96. The molecule has 2 aromatic rings. The lowest BCUT2D eigenvalue weighted by molar-refractivity contribution is 0.509. The Morgan fingerprint density at radius 2 is 2.21 bits per heavy atom. The first kappa shape index (κ1) is 14.2. The second kappa shape index (κ2) is 6.30. The van der Waals surface area contributed by atoms with Gasteiger partial charge in [0.05, 0.1) is 22.4 Å². The average Bonchev–Trinajstić information content (AvgIpc) is 2.92. The Morgan fingerprint density at radius 3 is 2.74 bits per heavy atom. The van der Waals surface area contributed by atoms with Crippen molar-refractivity contribution >= 4 is 11.3 Å². The summed E-state index contributed by atoms with van der Waals surface area (Å²) in [4.78, 5) is 5.94. The van der Waals surface area contributed by atoms with Gasteiger partial charge in [-0.1, -0.05) is 6.92 Å². The van der Waals surface area contributed by atoms with E-state index in [2.05, 4.69) is 42.2 Å². The fourth-order valence-electron chi connectivity index (χ4n) is 2.02. The molecular weight excluding hydrogens is 256 g/mol. The van der Waals surface area contributed by atoms with E-state index in [0.29, 0.717) is 0 Å². The Kier molecular flexibility index (Phi) is 4.71. The fraction of sp³-hybridized carbons (Fsp3) is 0.571. The molecule has 0 bridgehead atoms. The molecule has 104 valence electrons. The summed E-state index contributed by atoms with van der Waals surface area (Å²) in [6, 6.07) is 2.34. The van der Waals surface area contributed by atoms with Crippen LogP contribution >= 0.6 is 11.3 Å². The Balaban J connectivity index is 2.13. The topological polar surface area (TPSA) is 42.7 Å². The highest BCUT2D eigenvalue weighted by molar-refractivity contribution is 7.11. The van der Waals surface area contributed by atoms with E-state index in [1.54, 1.807) is 11.3 Å².